The van der Waals surface area contributed by atoms with Gasteiger partial charge in [0, 0.05) is 55.2 Å². The molecule has 1 saturated heterocycles. The van der Waals surface area contributed by atoms with Gasteiger partial charge in [0.15, 0.2) is 14.7 Å². The van der Waals surface area contributed by atoms with Crippen LogP contribution in [0.2, 0.25) is 0 Å². The van der Waals surface area contributed by atoms with E-state index in [1.54, 1.807) is 23.2 Å². The molecule has 2 heterocycles. The number of carbonyl (C=O) groups is 1. The van der Waals surface area contributed by atoms with Crippen LogP contribution in [0.3, 0.4) is 0 Å². The van der Waals surface area contributed by atoms with Crippen LogP contribution in [-0.2, 0) is 20.7 Å². The topological polar surface area (TPSA) is 82.6 Å². The van der Waals surface area contributed by atoms with Gasteiger partial charge in [0.05, 0.1) is 0 Å². The van der Waals surface area contributed by atoms with Crippen LogP contribution < -0.4 is 10.2 Å². The van der Waals surface area contributed by atoms with Gasteiger partial charge in [-0.1, -0.05) is 0 Å². The quantitative estimate of drug-likeness (QED) is 0.765. The Bertz CT molecular complexity index is 938. The Morgan fingerprint density at radius 1 is 1.07 bits per heavy atom. The van der Waals surface area contributed by atoms with Gasteiger partial charge in [-0.05, 0) is 36.4 Å². The van der Waals surface area contributed by atoms with Crippen molar-refractivity contribution in [2.75, 3.05) is 55.2 Å². The number of nitrogens with zero attached hydrogens (tertiary/aromatic N) is 3. The van der Waals surface area contributed by atoms with E-state index in [2.05, 4.69) is 22.8 Å². The smallest absolute Gasteiger partial charge is 0.321 e. The van der Waals surface area contributed by atoms with Gasteiger partial charge in [0.1, 0.15) is 23.2 Å². The summed E-state index contributed by atoms with van der Waals surface area (Å²) in [6.07, 6.45) is 7.08. The highest BCUT2D eigenvalue weighted by Crippen LogP contribution is 2.23. The molecule has 0 unspecified atom stereocenters. The number of amides is 2. The first-order valence-corrected chi connectivity index (χ1v) is 12.8. The number of rotatable bonds is 4. The summed E-state index contributed by atoms with van der Waals surface area (Å²) in [5.74, 6) is 0.454. The van der Waals surface area contributed by atoms with Crippen molar-refractivity contribution in [3.05, 3.63) is 42.6 Å². The molecule has 1 N–H and O–H groups in total. The van der Waals surface area contributed by atoms with Crippen LogP contribution in [-0.4, -0.2) is 69.3 Å². The maximum absolute atomic E-state index is 12.5. The summed E-state index contributed by atoms with van der Waals surface area (Å²) < 4.78 is 24.0. The summed E-state index contributed by atoms with van der Waals surface area (Å²) in [4.78, 5) is 21.9. The predicted molar refractivity (Wildman–Crippen MR) is 114 cm³/mol. The third-order valence-corrected chi connectivity index (χ3v) is 6.93. The zero-order valence-corrected chi connectivity index (χ0v) is 17.9. The Morgan fingerprint density at radius 2 is 1.71 bits per heavy atom. The van der Waals surface area contributed by atoms with Crippen molar-refractivity contribution in [1.29, 1.82) is 0 Å². The number of benzene rings is 1. The Hall–Kier alpha value is -2.26. The minimum Gasteiger partial charge on any atom is -0.352 e. The Kier molecular flexibility index (Phi) is 6.14. The molecular formula is C19H25N4O3S2+. The number of pyridine rings is 1. The van der Waals surface area contributed by atoms with E-state index in [0.29, 0.717) is 32.0 Å². The minimum absolute atomic E-state index is 0.149. The van der Waals surface area contributed by atoms with E-state index in [0.717, 1.165) is 5.69 Å². The SMILES string of the molecule is C[S+](C)c1ccc(NC(=O)N2CCN(c3ncccc3S(C)(=O)=O)CC2)cc1. The van der Waals surface area contributed by atoms with Crippen LogP contribution in [0, 0.1) is 0 Å². The number of anilines is 2. The van der Waals surface area contributed by atoms with E-state index in [9.17, 15) is 13.2 Å². The molecule has 3 rings (SSSR count). The van der Waals surface area contributed by atoms with E-state index in [-0.39, 0.29) is 21.8 Å². The molecule has 0 radical (unpaired) electrons. The summed E-state index contributed by atoms with van der Waals surface area (Å²) >= 11 is 0. The number of carbonyl (C=O) groups excluding carboxylic acids is 1. The predicted octanol–water partition coefficient (Wildman–Crippen LogP) is 2.08. The first kappa shape index (κ1) is 20.5. The molecule has 0 atom stereocenters. The highest BCUT2D eigenvalue weighted by molar-refractivity contribution is 7.95. The first-order chi connectivity index (χ1) is 13.3. The molecule has 9 heteroatoms. The van der Waals surface area contributed by atoms with Crippen LogP contribution >= 0.6 is 0 Å². The number of aromatic nitrogens is 1. The van der Waals surface area contributed by atoms with E-state index in [1.165, 1.54) is 11.2 Å². The normalized spacial score (nSPS) is 15.0. The van der Waals surface area contributed by atoms with Crippen LogP contribution in [0.5, 0.6) is 0 Å². The van der Waals surface area contributed by atoms with Gasteiger partial charge in [-0.25, -0.2) is 18.2 Å². The van der Waals surface area contributed by atoms with Crippen molar-refractivity contribution in [3.63, 3.8) is 0 Å². The molecule has 150 valence electrons. The second kappa shape index (κ2) is 8.40. The van der Waals surface area contributed by atoms with Crippen molar-refractivity contribution in [2.45, 2.75) is 9.79 Å². The van der Waals surface area contributed by atoms with Gasteiger partial charge in [0.25, 0.3) is 0 Å². The zero-order valence-electron chi connectivity index (χ0n) is 16.3. The maximum atomic E-state index is 12.5. The number of hydrogen-bond acceptors (Lipinski definition) is 5. The first-order valence-electron chi connectivity index (χ1n) is 8.89. The molecule has 2 aromatic rings. The summed E-state index contributed by atoms with van der Waals surface area (Å²) in [7, 11) is -3.17. The van der Waals surface area contributed by atoms with Crippen LogP contribution in [0.25, 0.3) is 0 Å². The van der Waals surface area contributed by atoms with Crippen molar-refractivity contribution in [3.8, 4) is 0 Å². The highest BCUT2D eigenvalue weighted by atomic mass is 32.2. The fraction of sp³-hybridized carbons (Fsp3) is 0.368. The van der Waals surface area contributed by atoms with Gasteiger partial charge >= 0.3 is 6.03 Å². The zero-order chi connectivity index (χ0) is 20.3. The molecule has 1 aromatic carbocycles. The van der Waals surface area contributed by atoms with E-state index < -0.39 is 9.84 Å². The fourth-order valence-corrected chi connectivity index (χ4v) is 4.56. The number of urea groups is 1. The van der Waals surface area contributed by atoms with E-state index in [4.69, 9.17) is 0 Å². The van der Waals surface area contributed by atoms with Crippen LogP contribution in [0.15, 0.2) is 52.4 Å². The summed E-state index contributed by atoms with van der Waals surface area (Å²) in [5.41, 5.74) is 0.769. The standard InChI is InChI=1S/C19H24N4O3S2/c1-27(2)16-8-6-15(7-9-16)21-19(24)23-13-11-22(12-14-23)18-17(28(3,25)26)5-4-10-20-18/h4-10H,11-14H2,1-3H3/p+1. The van der Waals surface area contributed by atoms with Gasteiger partial charge < -0.3 is 15.1 Å². The Balaban J connectivity index is 1.62. The van der Waals surface area contributed by atoms with Crippen molar-refractivity contribution >= 4 is 38.3 Å². The lowest BCUT2D eigenvalue weighted by Gasteiger charge is -2.35. The van der Waals surface area contributed by atoms with Gasteiger partial charge in [0.2, 0.25) is 0 Å². The molecule has 1 fully saturated rings. The van der Waals surface area contributed by atoms with E-state index in [1.807, 2.05) is 29.2 Å². The van der Waals surface area contributed by atoms with Gasteiger partial charge in [-0.2, -0.15) is 0 Å². The molecule has 0 aliphatic carbocycles. The molecule has 1 aromatic heterocycles. The number of piperazine rings is 1. The highest BCUT2D eigenvalue weighted by Gasteiger charge is 2.25. The molecule has 0 spiro atoms. The van der Waals surface area contributed by atoms with E-state index >= 15 is 0 Å². The third kappa shape index (κ3) is 4.77. The molecule has 28 heavy (non-hydrogen) atoms. The number of nitrogens with one attached hydrogen (secondary N) is 1. The average molecular weight is 422 g/mol. The third-order valence-electron chi connectivity index (χ3n) is 4.59. The van der Waals surface area contributed by atoms with Crippen LogP contribution in [0.1, 0.15) is 0 Å². The van der Waals surface area contributed by atoms with Crippen molar-refractivity contribution in [2.24, 2.45) is 0 Å². The summed E-state index contributed by atoms with van der Waals surface area (Å²) in [6.45, 7) is 2.05. The molecule has 0 bridgehead atoms. The fourth-order valence-electron chi connectivity index (χ4n) is 3.04. The average Bonchev–Trinajstić information content (AvgIpc) is 2.68. The molecule has 1 aliphatic rings. The number of hydrogen-bond donors (Lipinski definition) is 1. The lowest BCUT2D eigenvalue weighted by molar-refractivity contribution is 0.208. The lowest BCUT2D eigenvalue weighted by atomic mass is 10.3. The Labute approximate surface area is 169 Å². The number of sulfone groups is 1. The summed E-state index contributed by atoms with van der Waals surface area (Å²) in [5, 5.41) is 2.93. The largest absolute Gasteiger partial charge is 0.352 e. The molecule has 0 saturated carbocycles. The molecule has 1 aliphatic heterocycles. The van der Waals surface area contributed by atoms with Crippen molar-refractivity contribution < 1.29 is 13.2 Å². The summed E-state index contributed by atoms with van der Waals surface area (Å²) in [6, 6.07) is 10.9. The van der Waals surface area contributed by atoms with Gasteiger partial charge in [-0.15, -0.1) is 0 Å². The lowest BCUT2D eigenvalue weighted by Crippen LogP contribution is -2.50. The van der Waals surface area contributed by atoms with Crippen molar-refractivity contribution in [1.82, 2.24) is 9.88 Å². The second-order valence-corrected chi connectivity index (χ2v) is 10.9. The monoisotopic (exact) mass is 421 g/mol. The molecular weight excluding hydrogens is 396 g/mol. The maximum Gasteiger partial charge on any atom is 0.321 e. The Morgan fingerprint density at radius 3 is 2.29 bits per heavy atom. The molecule has 7 nitrogen and oxygen atoms in total. The van der Waals surface area contributed by atoms with Crippen LogP contribution in [0.4, 0.5) is 16.3 Å². The molecule has 2 amide bonds. The second-order valence-electron chi connectivity index (χ2n) is 6.84. The van der Waals surface area contributed by atoms with Gasteiger partial charge in [-0.3, -0.25) is 0 Å². The minimum atomic E-state index is -3.36.